The van der Waals surface area contributed by atoms with E-state index in [-0.39, 0.29) is 11.9 Å². The molecule has 3 heteroatoms. The van der Waals surface area contributed by atoms with E-state index in [1.165, 1.54) is 0 Å². The van der Waals surface area contributed by atoms with Crippen molar-refractivity contribution in [1.82, 2.24) is 0 Å². The molecule has 2 aromatic rings. The molecule has 0 unspecified atom stereocenters. The highest BCUT2D eigenvalue weighted by atomic mass is 16.5. The molecule has 0 spiro atoms. The first-order chi connectivity index (χ1) is 9.49. The average molecular weight is 269 g/mol. The minimum atomic E-state index is -0.109. The predicted octanol–water partition coefficient (Wildman–Crippen LogP) is 3.60. The van der Waals surface area contributed by atoms with Crippen LogP contribution in [0.1, 0.15) is 35.3 Å². The Labute approximate surface area is 119 Å². The Morgan fingerprint density at radius 1 is 1.10 bits per heavy atom. The van der Waals surface area contributed by atoms with Crippen LogP contribution in [0.25, 0.3) is 0 Å². The summed E-state index contributed by atoms with van der Waals surface area (Å²) in [7, 11) is 0. The quantitative estimate of drug-likeness (QED) is 0.681. The largest absolute Gasteiger partial charge is 0.490 e. The van der Waals surface area contributed by atoms with Gasteiger partial charge in [0.25, 0.3) is 0 Å². The van der Waals surface area contributed by atoms with Crippen molar-refractivity contribution in [3.63, 3.8) is 0 Å². The van der Waals surface area contributed by atoms with Gasteiger partial charge < -0.3 is 10.5 Å². The lowest BCUT2D eigenvalue weighted by molar-refractivity contribution is 0.103. The van der Waals surface area contributed by atoms with Gasteiger partial charge in [0, 0.05) is 11.3 Å². The molecule has 2 N–H and O–H groups in total. The molecule has 0 bridgehead atoms. The lowest BCUT2D eigenvalue weighted by Crippen LogP contribution is -2.12. The number of para-hydroxylation sites is 1. The molecule has 0 heterocycles. The zero-order valence-electron chi connectivity index (χ0n) is 12.0. The van der Waals surface area contributed by atoms with Crippen LogP contribution in [0, 0.1) is 6.92 Å². The maximum atomic E-state index is 12.7. The van der Waals surface area contributed by atoms with Crippen LogP contribution in [0.3, 0.4) is 0 Å². The number of carbonyl (C=O) groups is 1. The smallest absolute Gasteiger partial charge is 0.198 e. The van der Waals surface area contributed by atoms with Gasteiger partial charge in [0.1, 0.15) is 5.75 Å². The fourth-order valence-electron chi connectivity index (χ4n) is 2.02. The van der Waals surface area contributed by atoms with E-state index >= 15 is 0 Å². The van der Waals surface area contributed by atoms with Crippen LogP contribution in [0.5, 0.6) is 5.75 Å². The van der Waals surface area contributed by atoms with Gasteiger partial charge in [-0.15, -0.1) is 0 Å². The van der Waals surface area contributed by atoms with Crippen molar-refractivity contribution in [2.75, 3.05) is 5.73 Å². The van der Waals surface area contributed by atoms with Crippen LogP contribution in [0.4, 0.5) is 5.69 Å². The van der Waals surface area contributed by atoms with Crippen molar-refractivity contribution < 1.29 is 9.53 Å². The molecule has 0 saturated carbocycles. The average Bonchev–Trinajstić information content (AvgIpc) is 2.41. The Kier molecular flexibility index (Phi) is 4.08. The van der Waals surface area contributed by atoms with E-state index in [4.69, 9.17) is 10.5 Å². The fraction of sp³-hybridized carbons (Fsp3) is 0.235. The number of ether oxygens (including phenoxy) is 1. The number of ketones is 1. The molecular weight excluding hydrogens is 250 g/mol. The number of anilines is 1. The molecule has 104 valence electrons. The van der Waals surface area contributed by atoms with Gasteiger partial charge >= 0.3 is 0 Å². The van der Waals surface area contributed by atoms with Crippen molar-refractivity contribution in [2.45, 2.75) is 26.9 Å². The van der Waals surface area contributed by atoms with Crippen molar-refractivity contribution >= 4 is 11.5 Å². The minimum Gasteiger partial charge on any atom is -0.490 e. The second-order valence-electron chi connectivity index (χ2n) is 5.08. The molecule has 0 saturated heterocycles. The number of rotatable bonds is 4. The van der Waals surface area contributed by atoms with Gasteiger partial charge in [-0.05, 0) is 45.0 Å². The number of aryl methyl sites for hydroxylation is 1. The second-order valence-corrected chi connectivity index (χ2v) is 5.08. The highest BCUT2D eigenvalue weighted by Crippen LogP contribution is 2.25. The standard InChI is InChI=1S/C17H19NO2/c1-11(2)20-16-7-5-4-6-13(16)17(19)14-10-12(3)8-9-15(14)18/h4-11H,18H2,1-3H3. The third-order valence-electron chi connectivity index (χ3n) is 2.95. The Morgan fingerprint density at radius 2 is 1.80 bits per heavy atom. The summed E-state index contributed by atoms with van der Waals surface area (Å²) in [6.07, 6.45) is 0.0128. The maximum absolute atomic E-state index is 12.7. The summed E-state index contributed by atoms with van der Waals surface area (Å²) in [6.45, 7) is 5.80. The number of hydrogen-bond donors (Lipinski definition) is 1. The maximum Gasteiger partial charge on any atom is 0.198 e. The lowest BCUT2D eigenvalue weighted by atomic mass is 9.99. The second kappa shape index (κ2) is 5.78. The third-order valence-corrected chi connectivity index (χ3v) is 2.95. The first-order valence-corrected chi connectivity index (χ1v) is 6.65. The van der Waals surface area contributed by atoms with Crippen molar-refractivity contribution in [2.24, 2.45) is 0 Å². The zero-order valence-corrected chi connectivity index (χ0v) is 12.0. The Balaban J connectivity index is 2.45. The van der Waals surface area contributed by atoms with Gasteiger partial charge in [-0.1, -0.05) is 23.8 Å². The number of hydrogen-bond acceptors (Lipinski definition) is 3. The molecule has 20 heavy (non-hydrogen) atoms. The highest BCUT2D eigenvalue weighted by molar-refractivity contribution is 6.13. The molecule has 0 atom stereocenters. The number of nitrogen functional groups attached to an aromatic ring is 1. The predicted molar refractivity (Wildman–Crippen MR) is 81.2 cm³/mol. The van der Waals surface area contributed by atoms with E-state index < -0.39 is 0 Å². The SMILES string of the molecule is Cc1ccc(N)c(C(=O)c2ccccc2OC(C)C)c1. The van der Waals surface area contributed by atoms with Crippen LogP contribution >= 0.6 is 0 Å². The Hall–Kier alpha value is -2.29. The first kappa shape index (κ1) is 14.1. The summed E-state index contributed by atoms with van der Waals surface area (Å²) in [4.78, 5) is 12.7. The monoisotopic (exact) mass is 269 g/mol. The summed E-state index contributed by atoms with van der Waals surface area (Å²) < 4.78 is 5.70. The molecule has 0 fully saturated rings. The molecule has 2 rings (SSSR count). The van der Waals surface area contributed by atoms with Crippen LogP contribution in [-0.2, 0) is 0 Å². The van der Waals surface area contributed by atoms with Crippen LogP contribution in [0.15, 0.2) is 42.5 Å². The van der Waals surface area contributed by atoms with E-state index in [9.17, 15) is 4.79 Å². The van der Waals surface area contributed by atoms with Crippen molar-refractivity contribution in [3.8, 4) is 5.75 Å². The molecular formula is C17H19NO2. The van der Waals surface area contributed by atoms with E-state index in [0.717, 1.165) is 5.56 Å². The number of benzene rings is 2. The Bertz CT molecular complexity index is 633. The highest BCUT2D eigenvalue weighted by Gasteiger charge is 2.17. The normalized spacial score (nSPS) is 10.6. The molecule has 0 aliphatic carbocycles. The Morgan fingerprint density at radius 3 is 2.50 bits per heavy atom. The summed E-state index contributed by atoms with van der Waals surface area (Å²) in [5.41, 5.74) is 8.47. The molecule has 0 aromatic heterocycles. The minimum absolute atomic E-state index is 0.0128. The molecule has 0 aliphatic rings. The third kappa shape index (κ3) is 2.99. The van der Waals surface area contributed by atoms with E-state index in [1.54, 1.807) is 18.2 Å². The van der Waals surface area contributed by atoms with Gasteiger partial charge in [0.05, 0.1) is 11.7 Å². The number of carbonyl (C=O) groups excluding carboxylic acids is 1. The molecule has 0 aliphatic heterocycles. The molecule has 2 aromatic carbocycles. The molecule has 3 nitrogen and oxygen atoms in total. The van der Waals surface area contributed by atoms with Gasteiger partial charge in [-0.3, -0.25) is 4.79 Å². The van der Waals surface area contributed by atoms with Crippen LogP contribution in [0.2, 0.25) is 0 Å². The van der Waals surface area contributed by atoms with Gasteiger partial charge in [0.15, 0.2) is 5.78 Å². The fourth-order valence-corrected chi connectivity index (χ4v) is 2.02. The summed E-state index contributed by atoms with van der Waals surface area (Å²) in [5, 5.41) is 0. The molecule has 0 amide bonds. The summed E-state index contributed by atoms with van der Waals surface area (Å²) in [5.74, 6) is 0.482. The molecule has 0 radical (unpaired) electrons. The van der Waals surface area contributed by atoms with E-state index in [2.05, 4.69) is 0 Å². The summed E-state index contributed by atoms with van der Waals surface area (Å²) >= 11 is 0. The first-order valence-electron chi connectivity index (χ1n) is 6.65. The van der Waals surface area contributed by atoms with Gasteiger partial charge in [0.2, 0.25) is 0 Å². The van der Waals surface area contributed by atoms with Crippen LogP contribution in [-0.4, -0.2) is 11.9 Å². The van der Waals surface area contributed by atoms with Crippen LogP contribution < -0.4 is 10.5 Å². The lowest BCUT2D eigenvalue weighted by Gasteiger charge is -2.14. The van der Waals surface area contributed by atoms with E-state index in [1.807, 2.05) is 45.0 Å². The van der Waals surface area contributed by atoms with Crippen molar-refractivity contribution in [1.29, 1.82) is 0 Å². The summed E-state index contributed by atoms with van der Waals surface area (Å²) in [6, 6.07) is 12.7. The van der Waals surface area contributed by atoms with Crippen molar-refractivity contribution in [3.05, 3.63) is 59.2 Å². The topological polar surface area (TPSA) is 52.3 Å². The number of nitrogens with two attached hydrogens (primary N) is 1. The zero-order chi connectivity index (χ0) is 14.7. The van der Waals surface area contributed by atoms with E-state index in [0.29, 0.717) is 22.6 Å². The van der Waals surface area contributed by atoms with Gasteiger partial charge in [-0.2, -0.15) is 0 Å². The van der Waals surface area contributed by atoms with Gasteiger partial charge in [-0.25, -0.2) is 0 Å².